The van der Waals surface area contributed by atoms with Crippen molar-refractivity contribution in [2.24, 2.45) is 5.92 Å². The zero-order chi connectivity index (χ0) is 18.2. The van der Waals surface area contributed by atoms with E-state index < -0.39 is 5.60 Å². The number of rotatable bonds is 1. The summed E-state index contributed by atoms with van der Waals surface area (Å²) in [7, 11) is 0. The Balaban J connectivity index is 1.63. The van der Waals surface area contributed by atoms with Gasteiger partial charge in [-0.3, -0.25) is 4.79 Å². The lowest BCUT2D eigenvalue weighted by Gasteiger charge is -2.38. The molecule has 7 nitrogen and oxygen atoms in total. The maximum absolute atomic E-state index is 12.6. The van der Waals surface area contributed by atoms with Crippen molar-refractivity contribution in [1.82, 2.24) is 20.0 Å². The molecule has 0 radical (unpaired) electrons. The summed E-state index contributed by atoms with van der Waals surface area (Å²) in [5.74, 6) is 0.129. The standard InChI is InChI=1S/C17H23ClN4O3/c1-17(2,3)25-16(24)22-9-6-11-10-21(8-7-13(11)22)15(23)12-4-5-14(18)20-19-12/h4-5,11,13H,6-10H2,1-3H3/t11-,13+/m1/s1. The minimum Gasteiger partial charge on any atom is -0.444 e. The van der Waals surface area contributed by atoms with Crippen LogP contribution in [0.4, 0.5) is 4.79 Å². The molecule has 2 amide bonds. The van der Waals surface area contributed by atoms with Gasteiger partial charge in [0.1, 0.15) is 5.60 Å². The minimum atomic E-state index is -0.501. The number of halogens is 1. The first kappa shape index (κ1) is 17.9. The van der Waals surface area contributed by atoms with Gasteiger partial charge < -0.3 is 14.5 Å². The normalized spacial score (nSPS) is 23.4. The maximum atomic E-state index is 12.6. The van der Waals surface area contributed by atoms with Crippen LogP contribution in [0.25, 0.3) is 0 Å². The molecule has 0 bridgehead atoms. The summed E-state index contributed by atoms with van der Waals surface area (Å²) < 4.78 is 5.50. The van der Waals surface area contributed by atoms with E-state index in [1.54, 1.807) is 17.0 Å². The molecule has 8 heteroatoms. The number of piperidine rings is 1. The number of carbonyl (C=O) groups excluding carboxylic acids is 2. The van der Waals surface area contributed by atoms with Crippen LogP contribution < -0.4 is 0 Å². The van der Waals surface area contributed by atoms with Crippen molar-refractivity contribution in [3.8, 4) is 0 Å². The van der Waals surface area contributed by atoms with Gasteiger partial charge in [-0.15, -0.1) is 10.2 Å². The Bertz CT molecular complexity index is 659. The average Bonchev–Trinajstić information content (AvgIpc) is 2.96. The van der Waals surface area contributed by atoms with Gasteiger partial charge in [-0.2, -0.15) is 0 Å². The monoisotopic (exact) mass is 366 g/mol. The number of hydrogen-bond acceptors (Lipinski definition) is 5. The highest BCUT2D eigenvalue weighted by molar-refractivity contribution is 6.29. The Morgan fingerprint density at radius 2 is 1.96 bits per heavy atom. The summed E-state index contributed by atoms with van der Waals surface area (Å²) in [6.45, 7) is 7.48. The van der Waals surface area contributed by atoms with Crippen LogP contribution in [0.3, 0.4) is 0 Å². The molecule has 2 aliphatic rings. The van der Waals surface area contributed by atoms with E-state index in [-0.39, 0.29) is 29.1 Å². The molecule has 2 saturated heterocycles. The Morgan fingerprint density at radius 3 is 2.60 bits per heavy atom. The summed E-state index contributed by atoms with van der Waals surface area (Å²) in [4.78, 5) is 28.6. The van der Waals surface area contributed by atoms with E-state index in [0.717, 1.165) is 12.8 Å². The fourth-order valence-electron chi connectivity index (χ4n) is 3.51. The quantitative estimate of drug-likeness (QED) is 0.763. The third-order valence-electron chi connectivity index (χ3n) is 4.60. The average molecular weight is 367 g/mol. The number of likely N-dealkylation sites (tertiary alicyclic amines) is 2. The van der Waals surface area contributed by atoms with Gasteiger partial charge in [0.05, 0.1) is 0 Å². The van der Waals surface area contributed by atoms with Crippen LogP contribution in [0.5, 0.6) is 0 Å². The third-order valence-corrected chi connectivity index (χ3v) is 4.80. The zero-order valence-corrected chi connectivity index (χ0v) is 15.5. The van der Waals surface area contributed by atoms with Crippen molar-refractivity contribution < 1.29 is 14.3 Å². The van der Waals surface area contributed by atoms with Crippen LogP contribution >= 0.6 is 11.6 Å². The Morgan fingerprint density at radius 1 is 1.20 bits per heavy atom. The van der Waals surface area contributed by atoms with Gasteiger partial charge in [0, 0.05) is 25.7 Å². The van der Waals surface area contributed by atoms with Gasteiger partial charge in [0.25, 0.3) is 5.91 Å². The molecule has 25 heavy (non-hydrogen) atoms. The van der Waals surface area contributed by atoms with Crippen LogP contribution in [-0.4, -0.2) is 63.3 Å². The number of hydrogen-bond donors (Lipinski definition) is 0. The second-order valence-corrected chi connectivity index (χ2v) is 7.96. The molecule has 3 heterocycles. The minimum absolute atomic E-state index is 0.134. The summed E-state index contributed by atoms with van der Waals surface area (Å²) in [6.07, 6.45) is 1.36. The second-order valence-electron chi connectivity index (χ2n) is 7.57. The number of nitrogens with zero attached hydrogens (tertiary/aromatic N) is 4. The predicted molar refractivity (Wildman–Crippen MR) is 92.4 cm³/mol. The largest absolute Gasteiger partial charge is 0.444 e. The van der Waals surface area contributed by atoms with E-state index >= 15 is 0 Å². The predicted octanol–water partition coefficient (Wildman–Crippen LogP) is 2.60. The molecule has 2 fully saturated rings. The van der Waals surface area contributed by atoms with Crippen LogP contribution in [0.15, 0.2) is 12.1 Å². The molecule has 0 unspecified atom stereocenters. The highest BCUT2D eigenvalue weighted by atomic mass is 35.5. The van der Waals surface area contributed by atoms with E-state index in [4.69, 9.17) is 16.3 Å². The Kier molecular flexibility index (Phi) is 4.86. The lowest BCUT2D eigenvalue weighted by Crippen LogP contribution is -2.50. The van der Waals surface area contributed by atoms with Gasteiger partial charge in [-0.25, -0.2) is 4.79 Å². The second kappa shape index (κ2) is 6.78. The first-order chi connectivity index (χ1) is 11.7. The SMILES string of the molecule is CC(C)(C)OC(=O)N1CC[C@@H]2CN(C(=O)c3ccc(Cl)nn3)CC[C@@H]21. The van der Waals surface area contributed by atoms with Gasteiger partial charge in [0.15, 0.2) is 10.8 Å². The fraction of sp³-hybridized carbons (Fsp3) is 0.647. The molecule has 136 valence electrons. The number of amides is 2. The molecule has 0 N–H and O–H groups in total. The van der Waals surface area contributed by atoms with Gasteiger partial charge in [-0.1, -0.05) is 11.6 Å². The van der Waals surface area contributed by atoms with Gasteiger partial charge in [-0.05, 0) is 51.7 Å². The zero-order valence-electron chi connectivity index (χ0n) is 14.7. The lowest BCUT2D eigenvalue weighted by molar-refractivity contribution is 0.0146. The van der Waals surface area contributed by atoms with Crippen molar-refractivity contribution in [2.75, 3.05) is 19.6 Å². The van der Waals surface area contributed by atoms with Crippen LogP contribution in [-0.2, 0) is 4.74 Å². The highest BCUT2D eigenvalue weighted by Crippen LogP contribution is 2.33. The Hall–Kier alpha value is -1.89. The van der Waals surface area contributed by atoms with Crippen molar-refractivity contribution in [3.05, 3.63) is 23.0 Å². The maximum Gasteiger partial charge on any atom is 0.410 e. The molecular formula is C17H23ClN4O3. The molecule has 0 aromatic carbocycles. The van der Waals surface area contributed by atoms with Crippen molar-refractivity contribution >= 4 is 23.6 Å². The van der Waals surface area contributed by atoms with Crippen LogP contribution in [0, 0.1) is 5.92 Å². The van der Waals surface area contributed by atoms with Crippen molar-refractivity contribution in [3.63, 3.8) is 0 Å². The third kappa shape index (κ3) is 4.03. The number of aromatic nitrogens is 2. The summed E-state index contributed by atoms with van der Waals surface area (Å²) >= 11 is 5.72. The van der Waals surface area contributed by atoms with E-state index in [2.05, 4.69) is 10.2 Å². The molecule has 2 aliphatic heterocycles. The lowest BCUT2D eigenvalue weighted by atomic mass is 9.92. The molecule has 1 aromatic rings. The van der Waals surface area contributed by atoms with Crippen LogP contribution in [0.1, 0.15) is 44.1 Å². The molecule has 1 aromatic heterocycles. The highest BCUT2D eigenvalue weighted by Gasteiger charge is 2.43. The Labute approximate surface area is 152 Å². The summed E-state index contributed by atoms with van der Waals surface area (Å²) in [6, 6.07) is 3.29. The number of fused-ring (bicyclic) bond motifs is 1. The van der Waals surface area contributed by atoms with Crippen molar-refractivity contribution in [2.45, 2.75) is 45.3 Å². The molecule has 3 rings (SSSR count). The molecule has 0 saturated carbocycles. The van der Waals surface area contributed by atoms with Crippen molar-refractivity contribution in [1.29, 1.82) is 0 Å². The number of ether oxygens (including phenoxy) is 1. The van der Waals surface area contributed by atoms with Crippen LogP contribution in [0.2, 0.25) is 5.15 Å². The van der Waals surface area contributed by atoms with Gasteiger partial charge in [0.2, 0.25) is 0 Å². The molecule has 0 spiro atoms. The molecule has 0 aliphatic carbocycles. The molecule has 2 atom stereocenters. The first-order valence-electron chi connectivity index (χ1n) is 8.53. The fourth-order valence-corrected chi connectivity index (χ4v) is 3.61. The topological polar surface area (TPSA) is 75.6 Å². The van der Waals surface area contributed by atoms with E-state index in [1.165, 1.54) is 0 Å². The van der Waals surface area contributed by atoms with Gasteiger partial charge >= 0.3 is 6.09 Å². The number of carbonyl (C=O) groups is 2. The van der Waals surface area contributed by atoms with E-state index in [1.807, 2.05) is 25.7 Å². The van der Waals surface area contributed by atoms with E-state index in [0.29, 0.717) is 25.3 Å². The first-order valence-corrected chi connectivity index (χ1v) is 8.90. The molecular weight excluding hydrogens is 344 g/mol. The summed E-state index contributed by atoms with van der Waals surface area (Å²) in [5.41, 5.74) is -0.205. The van der Waals surface area contributed by atoms with E-state index in [9.17, 15) is 9.59 Å². The smallest absolute Gasteiger partial charge is 0.410 e. The summed E-state index contributed by atoms with van der Waals surface area (Å²) in [5, 5.41) is 7.86.